The van der Waals surface area contributed by atoms with E-state index in [0.29, 0.717) is 11.5 Å². The molecule has 0 N–H and O–H groups in total. The van der Waals surface area contributed by atoms with Gasteiger partial charge in [-0.3, -0.25) is 0 Å². The number of hydrogen-bond acceptors (Lipinski definition) is 7. The number of benzene rings is 2. The van der Waals surface area contributed by atoms with Gasteiger partial charge in [0.1, 0.15) is 12.2 Å². The fourth-order valence-electron chi connectivity index (χ4n) is 5.81. The molecule has 10 heteroatoms. The standard InChI is InChI=1S/C31H39NO7SSi/c1-19-9-13-21(14-10-19)40(33,34)32-25-22(15-11-20-12-16-23-24(17-20)36-18-35-23)27(39-41(7,8)30(2,3)4)29-28(26(25)32)37-31(5,6)38-29/h9-10,12-14,16-17,22,25-29H,18H2,1-8H3/t22-,25-,26-,27+,28+,29-,32?/m1/s1. The first-order chi connectivity index (χ1) is 19.1. The molecule has 1 aliphatic carbocycles. The molecule has 220 valence electrons. The molecule has 3 heterocycles. The maximum absolute atomic E-state index is 14.0. The summed E-state index contributed by atoms with van der Waals surface area (Å²) in [6, 6.07) is 11.8. The van der Waals surface area contributed by atoms with Crippen molar-refractivity contribution in [1.82, 2.24) is 4.31 Å². The van der Waals surface area contributed by atoms with E-state index in [2.05, 4.69) is 45.7 Å². The number of nitrogens with zero attached hydrogens (tertiary/aromatic N) is 1. The van der Waals surface area contributed by atoms with Gasteiger partial charge in [-0.15, -0.1) is 0 Å². The Kier molecular flexibility index (Phi) is 6.69. The molecule has 2 aromatic carbocycles. The molecule has 3 fully saturated rings. The normalized spacial score (nSPS) is 31.6. The Morgan fingerprint density at radius 2 is 1.63 bits per heavy atom. The van der Waals surface area contributed by atoms with Crippen molar-refractivity contribution in [3.05, 3.63) is 53.6 Å². The van der Waals surface area contributed by atoms with Gasteiger partial charge in [-0.05, 0) is 69.2 Å². The summed E-state index contributed by atoms with van der Waals surface area (Å²) in [4.78, 5) is 0.261. The summed E-state index contributed by atoms with van der Waals surface area (Å²) in [5, 5.41) is -0.0686. The van der Waals surface area contributed by atoms with Gasteiger partial charge in [-0.1, -0.05) is 50.3 Å². The second-order valence-corrected chi connectivity index (χ2v) is 20.0. The van der Waals surface area contributed by atoms with Gasteiger partial charge in [0, 0.05) is 5.56 Å². The Labute approximate surface area is 244 Å². The molecule has 8 nitrogen and oxygen atoms in total. The minimum atomic E-state index is -3.81. The zero-order chi connectivity index (χ0) is 29.5. The molecule has 0 aromatic heterocycles. The predicted molar refractivity (Wildman–Crippen MR) is 157 cm³/mol. The van der Waals surface area contributed by atoms with Crippen LogP contribution in [-0.4, -0.2) is 64.0 Å². The smallest absolute Gasteiger partial charge is 0.243 e. The monoisotopic (exact) mass is 597 g/mol. The molecule has 2 aromatic rings. The van der Waals surface area contributed by atoms with Crippen LogP contribution >= 0.6 is 0 Å². The minimum absolute atomic E-state index is 0.0686. The molecule has 2 saturated heterocycles. The molecule has 0 spiro atoms. The third-order valence-electron chi connectivity index (χ3n) is 8.98. The van der Waals surface area contributed by atoms with Crippen molar-refractivity contribution in [2.24, 2.45) is 5.92 Å². The lowest BCUT2D eigenvalue weighted by Crippen LogP contribution is -2.56. The van der Waals surface area contributed by atoms with Crippen molar-refractivity contribution in [1.29, 1.82) is 0 Å². The van der Waals surface area contributed by atoms with E-state index >= 15 is 0 Å². The van der Waals surface area contributed by atoms with Crippen molar-refractivity contribution in [3.8, 4) is 23.3 Å². The van der Waals surface area contributed by atoms with Crippen molar-refractivity contribution < 1.29 is 31.8 Å². The Morgan fingerprint density at radius 1 is 0.976 bits per heavy atom. The maximum atomic E-state index is 14.0. The Morgan fingerprint density at radius 3 is 2.32 bits per heavy atom. The molecular formula is C31H39NO7SSi. The third-order valence-corrected chi connectivity index (χ3v) is 15.4. The predicted octanol–water partition coefficient (Wildman–Crippen LogP) is 5.06. The summed E-state index contributed by atoms with van der Waals surface area (Å²) >= 11 is 0. The van der Waals surface area contributed by atoms with Crippen LogP contribution in [0.4, 0.5) is 0 Å². The first-order valence-electron chi connectivity index (χ1n) is 14.1. The fraction of sp³-hybridized carbons (Fsp3) is 0.548. The van der Waals surface area contributed by atoms with E-state index in [9.17, 15) is 8.42 Å². The largest absolute Gasteiger partial charge is 0.454 e. The van der Waals surface area contributed by atoms with Crippen LogP contribution in [0, 0.1) is 24.7 Å². The van der Waals surface area contributed by atoms with Gasteiger partial charge < -0.3 is 23.4 Å². The first-order valence-corrected chi connectivity index (χ1v) is 18.5. The molecule has 7 atom stereocenters. The Bertz CT molecular complexity index is 1520. The summed E-state index contributed by atoms with van der Waals surface area (Å²) in [7, 11) is -6.13. The van der Waals surface area contributed by atoms with Crippen molar-refractivity contribution >= 4 is 18.3 Å². The number of ether oxygens (including phenoxy) is 4. The highest BCUT2D eigenvalue weighted by Crippen LogP contribution is 2.55. The van der Waals surface area contributed by atoms with E-state index in [1.807, 2.05) is 51.1 Å². The van der Waals surface area contributed by atoms with Gasteiger partial charge in [-0.25, -0.2) is 8.42 Å². The Balaban J connectivity index is 1.44. The Hall–Kier alpha value is -2.39. The quantitative estimate of drug-likeness (QED) is 0.277. The van der Waals surface area contributed by atoms with E-state index in [-0.39, 0.29) is 16.7 Å². The van der Waals surface area contributed by atoms with Gasteiger partial charge in [0.2, 0.25) is 16.8 Å². The van der Waals surface area contributed by atoms with E-state index in [0.717, 1.165) is 11.1 Å². The lowest BCUT2D eigenvalue weighted by Gasteiger charge is -2.44. The molecule has 0 bridgehead atoms. The average molecular weight is 598 g/mol. The number of hydrogen-bond donors (Lipinski definition) is 0. The highest BCUT2D eigenvalue weighted by atomic mass is 32.2. The zero-order valence-corrected chi connectivity index (χ0v) is 26.7. The fourth-order valence-corrected chi connectivity index (χ4v) is 8.93. The third kappa shape index (κ3) is 5.00. The number of aryl methyl sites for hydroxylation is 1. The molecule has 6 rings (SSSR count). The topological polar surface area (TPSA) is 83.3 Å². The zero-order valence-electron chi connectivity index (χ0n) is 24.9. The van der Waals surface area contributed by atoms with Crippen molar-refractivity contribution in [2.75, 3.05) is 6.79 Å². The van der Waals surface area contributed by atoms with Crippen LogP contribution in [0.3, 0.4) is 0 Å². The highest BCUT2D eigenvalue weighted by molar-refractivity contribution is 7.89. The summed E-state index contributed by atoms with van der Waals surface area (Å²) < 4.78 is 60.6. The van der Waals surface area contributed by atoms with Crippen molar-refractivity contribution in [2.45, 2.75) is 101 Å². The first kappa shape index (κ1) is 28.7. The van der Waals surface area contributed by atoms with E-state index < -0.39 is 60.4 Å². The van der Waals surface area contributed by atoms with E-state index in [1.54, 1.807) is 16.4 Å². The summed E-state index contributed by atoms with van der Waals surface area (Å²) in [5.74, 6) is 6.79. The number of rotatable bonds is 4. The van der Waals surface area contributed by atoms with Crippen LogP contribution in [-0.2, 0) is 23.9 Å². The molecule has 4 aliphatic rings. The van der Waals surface area contributed by atoms with E-state index in [4.69, 9.17) is 23.4 Å². The SMILES string of the molecule is Cc1ccc(S(=O)(=O)N2[C@@H]3[C@@H](C#Cc4ccc5c(c4)OCO5)[C@H](O[Si](C)(C)C(C)(C)C)[C@H]4OC(C)(C)O[C@H]4[C@@H]32)cc1. The van der Waals surface area contributed by atoms with Crippen molar-refractivity contribution in [3.63, 3.8) is 0 Å². The van der Waals surface area contributed by atoms with Crippen LogP contribution < -0.4 is 9.47 Å². The van der Waals surface area contributed by atoms with Crippen LogP contribution in [0.5, 0.6) is 11.5 Å². The number of sulfonamides is 1. The van der Waals surface area contributed by atoms with Crippen LogP contribution in [0.2, 0.25) is 18.1 Å². The van der Waals surface area contributed by atoms with Crippen LogP contribution in [0.15, 0.2) is 47.4 Å². The van der Waals surface area contributed by atoms with Crippen LogP contribution in [0.25, 0.3) is 0 Å². The number of fused-ring (bicyclic) bond motifs is 4. The second kappa shape index (κ2) is 9.56. The minimum Gasteiger partial charge on any atom is -0.454 e. The molecule has 0 radical (unpaired) electrons. The summed E-state index contributed by atoms with van der Waals surface area (Å²) in [5.41, 5.74) is 1.76. The average Bonchev–Trinajstić information content (AvgIpc) is 3.29. The van der Waals surface area contributed by atoms with Gasteiger partial charge in [-0.2, -0.15) is 4.31 Å². The highest BCUT2D eigenvalue weighted by Gasteiger charge is 2.73. The molecule has 1 unspecified atom stereocenters. The molecule has 41 heavy (non-hydrogen) atoms. The lowest BCUT2D eigenvalue weighted by molar-refractivity contribution is -0.154. The van der Waals surface area contributed by atoms with Crippen LogP contribution in [0.1, 0.15) is 45.7 Å². The van der Waals surface area contributed by atoms with Gasteiger partial charge in [0.05, 0.1) is 29.0 Å². The molecule has 0 amide bonds. The van der Waals surface area contributed by atoms with Gasteiger partial charge in [0.25, 0.3) is 0 Å². The molecule has 1 saturated carbocycles. The second-order valence-electron chi connectivity index (χ2n) is 13.4. The molecule has 3 aliphatic heterocycles. The van der Waals surface area contributed by atoms with Gasteiger partial charge >= 0.3 is 0 Å². The van der Waals surface area contributed by atoms with Gasteiger partial charge in [0.15, 0.2) is 25.6 Å². The molecular weight excluding hydrogens is 558 g/mol. The summed E-state index contributed by atoms with van der Waals surface area (Å²) in [6.45, 7) is 16.8. The lowest BCUT2D eigenvalue weighted by atomic mass is 9.83. The maximum Gasteiger partial charge on any atom is 0.243 e. The summed E-state index contributed by atoms with van der Waals surface area (Å²) in [6.07, 6.45) is -1.40. The van der Waals surface area contributed by atoms with E-state index in [1.165, 1.54) is 0 Å².